The number of nitrogens with two attached hydrogens (primary N) is 1. The van der Waals surface area contributed by atoms with E-state index in [2.05, 4.69) is 15.2 Å². The van der Waals surface area contributed by atoms with Crippen LogP contribution in [0.5, 0.6) is 0 Å². The van der Waals surface area contributed by atoms with Crippen LogP contribution in [0.25, 0.3) is 11.5 Å². The van der Waals surface area contributed by atoms with Crippen LogP contribution >= 0.6 is 11.6 Å². The molecule has 5 nitrogen and oxygen atoms in total. The molecule has 0 saturated heterocycles. The second-order valence-corrected chi connectivity index (χ2v) is 4.13. The minimum absolute atomic E-state index is 0.198. The summed E-state index contributed by atoms with van der Waals surface area (Å²) in [6, 6.07) is 5.68. The van der Waals surface area contributed by atoms with E-state index in [0.29, 0.717) is 17.6 Å². The van der Waals surface area contributed by atoms with E-state index in [1.807, 2.05) is 25.1 Å². The monoisotopic (exact) mass is 264 g/mol. The van der Waals surface area contributed by atoms with Gasteiger partial charge in [0.25, 0.3) is 0 Å². The summed E-state index contributed by atoms with van der Waals surface area (Å²) in [4.78, 5) is 4.24. The highest BCUT2D eigenvalue weighted by Gasteiger charge is 2.08. The van der Waals surface area contributed by atoms with Gasteiger partial charge in [0.1, 0.15) is 5.84 Å². The first-order valence-electron chi connectivity index (χ1n) is 5.40. The standard InChI is InChI=1S/C12H13ClN4O/c1-7-3-4-9(12-17-16-8(2)18-12)5-10(7)15-11(14)6-13/h3-5H,6H2,1-2H3,(H2,14,15). The lowest BCUT2D eigenvalue weighted by molar-refractivity contribution is 0.533. The van der Waals surface area contributed by atoms with Gasteiger partial charge in [-0.3, -0.25) is 0 Å². The topological polar surface area (TPSA) is 77.3 Å². The summed E-state index contributed by atoms with van der Waals surface area (Å²) in [5.74, 6) is 1.56. The number of aliphatic imine (C=N–C) groups is 1. The molecule has 1 heterocycles. The minimum Gasteiger partial charge on any atom is -0.421 e. The lowest BCUT2D eigenvalue weighted by atomic mass is 10.1. The molecule has 0 aliphatic rings. The molecule has 0 aliphatic heterocycles. The second kappa shape index (κ2) is 5.18. The Kier molecular flexibility index (Phi) is 3.62. The van der Waals surface area contributed by atoms with Gasteiger partial charge in [0.2, 0.25) is 11.8 Å². The molecule has 18 heavy (non-hydrogen) atoms. The van der Waals surface area contributed by atoms with Crippen molar-refractivity contribution in [1.29, 1.82) is 0 Å². The highest BCUT2D eigenvalue weighted by Crippen LogP contribution is 2.26. The molecule has 1 aromatic carbocycles. The van der Waals surface area contributed by atoms with Crippen molar-refractivity contribution in [2.75, 3.05) is 5.88 Å². The van der Waals surface area contributed by atoms with Crippen molar-refractivity contribution < 1.29 is 4.42 Å². The SMILES string of the molecule is Cc1nnc(-c2ccc(C)c(N=C(N)CCl)c2)o1. The summed E-state index contributed by atoms with van der Waals surface area (Å²) in [5.41, 5.74) is 8.20. The molecule has 0 atom stereocenters. The van der Waals surface area contributed by atoms with E-state index in [1.54, 1.807) is 6.92 Å². The molecule has 0 spiro atoms. The fourth-order valence-electron chi connectivity index (χ4n) is 1.46. The van der Waals surface area contributed by atoms with Crippen molar-refractivity contribution in [3.63, 3.8) is 0 Å². The number of nitrogens with zero attached hydrogens (tertiary/aromatic N) is 3. The number of amidine groups is 1. The Bertz CT molecular complexity index is 592. The molecular formula is C12H13ClN4O. The lowest BCUT2D eigenvalue weighted by Crippen LogP contribution is -2.12. The first-order valence-corrected chi connectivity index (χ1v) is 5.93. The molecule has 1 aromatic heterocycles. The van der Waals surface area contributed by atoms with Gasteiger partial charge in [0.15, 0.2) is 0 Å². The Morgan fingerprint density at radius 2 is 2.17 bits per heavy atom. The van der Waals surface area contributed by atoms with Gasteiger partial charge in [0.05, 0.1) is 11.6 Å². The molecule has 0 amide bonds. The molecule has 0 radical (unpaired) electrons. The van der Waals surface area contributed by atoms with E-state index in [-0.39, 0.29) is 5.88 Å². The first-order chi connectivity index (χ1) is 8.60. The van der Waals surface area contributed by atoms with Crippen LogP contribution in [0.15, 0.2) is 27.6 Å². The zero-order chi connectivity index (χ0) is 13.1. The molecule has 2 aromatic rings. The maximum atomic E-state index is 5.63. The highest BCUT2D eigenvalue weighted by molar-refractivity contribution is 6.28. The Hall–Kier alpha value is -1.88. The van der Waals surface area contributed by atoms with E-state index in [1.165, 1.54) is 0 Å². The quantitative estimate of drug-likeness (QED) is 0.525. The number of hydrogen-bond donors (Lipinski definition) is 1. The summed E-state index contributed by atoms with van der Waals surface area (Å²) in [6.07, 6.45) is 0. The van der Waals surface area contributed by atoms with Gasteiger partial charge in [-0.1, -0.05) is 6.07 Å². The maximum absolute atomic E-state index is 5.63. The molecule has 6 heteroatoms. The summed E-state index contributed by atoms with van der Waals surface area (Å²) in [5, 5.41) is 7.76. The summed E-state index contributed by atoms with van der Waals surface area (Å²) in [7, 11) is 0. The largest absolute Gasteiger partial charge is 0.421 e. The molecular weight excluding hydrogens is 252 g/mol. The number of alkyl halides is 1. The van der Waals surface area contributed by atoms with Gasteiger partial charge < -0.3 is 10.2 Å². The van der Waals surface area contributed by atoms with Crippen LogP contribution in [0.3, 0.4) is 0 Å². The Morgan fingerprint density at radius 1 is 1.39 bits per heavy atom. The first kappa shape index (κ1) is 12.6. The van der Waals surface area contributed by atoms with Crippen LogP contribution in [0.1, 0.15) is 11.5 Å². The molecule has 0 aliphatic carbocycles. The molecule has 0 unspecified atom stereocenters. The van der Waals surface area contributed by atoms with Gasteiger partial charge in [-0.05, 0) is 24.6 Å². The van der Waals surface area contributed by atoms with Crippen LogP contribution in [0.2, 0.25) is 0 Å². The van der Waals surface area contributed by atoms with Crippen molar-refractivity contribution in [3.8, 4) is 11.5 Å². The van der Waals surface area contributed by atoms with E-state index < -0.39 is 0 Å². The van der Waals surface area contributed by atoms with Gasteiger partial charge in [0, 0.05) is 12.5 Å². The molecule has 2 N–H and O–H groups in total. The zero-order valence-electron chi connectivity index (χ0n) is 10.1. The third kappa shape index (κ3) is 2.68. The number of aromatic nitrogens is 2. The summed E-state index contributed by atoms with van der Waals surface area (Å²) >= 11 is 5.62. The number of hydrogen-bond acceptors (Lipinski definition) is 4. The van der Waals surface area contributed by atoms with Gasteiger partial charge in [-0.2, -0.15) is 0 Å². The predicted octanol–water partition coefficient (Wildman–Crippen LogP) is 2.58. The summed E-state index contributed by atoms with van der Waals surface area (Å²) < 4.78 is 5.37. The molecule has 0 saturated carbocycles. The maximum Gasteiger partial charge on any atom is 0.247 e. The smallest absolute Gasteiger partial charge is 0.247 e. The normalized spacial score (nSPS) is 11.8. The van der Waals surface area contributed by atoms with E-state index >= 15 is 0 Å². The van der Waals surface area contributed by atoms with E-state index in [0.717, 1.165) is 16.8 Å². The number of rotatable bonds is 3. The number of aryl methyl sites for hydroxylation is 2. The molecule has 0 fully saturated rings. The van der Waals surface area contributed by atoms with Crippen molar-refractivity contribution in [2.24, 2.45) is 10.7 Å². The van der Waals surface area contributed by atoms with Crippen molar-refractivity contribution in [2.45, 2.75) is 13.8 Å². The van der Waals surface area contributed by atoms with Gasteiger partial charge >= 0.3 is 0 Å². The fourth-order valence-corrected chi connectivity index (χ4v) is 1.52. The molecule has 94 valence electrons. The second-order valence-electron chi connectivity index (χ2n) is 3.86. The van der Waals surface area contributed by atoms with Crippen molar-refractivity contribution in [3.05, 3.63) is 29.7 Å². The minimum atomic E-state index is 0.198. The van der Waals surface area contributed by atoms with Crippen LogP contribution < -0.4 is 5.73 Å². The highest BCUT2D eigenvalue weighted by atomic mass is 35.5. The molecule has 2 rings (SSSR count). The average molecular weight is 265 g/mol. The van der Waals surface area contributed by atoms with Crippen molar-refractivity contribution in [1.82, 2.24) is 10.2 Å². The molecule has 0 bridgehead atoms. The zero-order valence-corrected chi connectivity index (χ0v) is 10.9. The van der Waals surface area contributed by atoms with Crippen LogP contribution in [0, 0.1) is 13.8 Å². The average Bonchev–Trinajstić information content (AvgIpc) is 2.78. The van der Waals surface area contributed by atoms with E-state index in [4.69, 9.17) is 21.8 Å². The van der Waals surface area contributed by atoms with Crippen LogP contribution in [-0.2, 0) is 0 Å². The van der Waals surface area contributed by atoms with Crippen LogP contribution in [-0.4, -0.2) is 21.9 Å². The van der Waals surface area contributed by atoms with Crippen molar-refractivity contribution >= 4 is 23.1 Å². The fraction of sp³-hybridized carbons (Fsp3) is 0.250. The van der Waals surface area contributed by atoms with Gasteiger partial charge in [-0.25, -0.2) is 4.99 Å². The Labute approximate surface area is 110 Å². The Balaban J connectivity index is 2.43. The predicted molar refractivity (Wildman–Crippen MR) is 71.2 cm³/mol. The number of benzene rings is 1. The van der Waals surface area contributed by atoms with E-state index in [9.17, 15) is 0 Å². The third-order valence-corrected chi connectivity index (χ3v) is 2.66. The Morgan fingerprint density at radius 3 is 2.78 bits per heavy atom. The van der Waals surface area contributed by atoms with Gasteiger partial charge in [-0.15, -0.1) is 21.8 Å². The summed E-state index contributed by atoms with van der Waals surface area (Å²) in [6.45, 7) is 3.69. The third-order valence-electron chi connectivity index (χ3n) is 2.38. The number of halogens is 1. The lowest BCUT2D eigenvalue weighted by Gasteiger charge is -2.03. The van der Waals surface area contributed by atoms with Crippen LogP contribution in [0.4, 0.5) is 5.69 Å².